The topological polar surface area (TPSA) is 109 Å². The average molecular weight is 545 g/mol. The van der Waals surface area contributed by atoms with E-state index in [2.05, 4.69) is 25.3 Å². The number of aromatic nitrogens is 2. The Kier molecular flexibility index (Phi) is 8.62. The third kappa shape index (κ3) is 7.65. The fourth-order valence-electron chi connectivity index (χ4n) is 3.84. The number of carbonyl (C=O) groups is 2. The molecule has 1 aliphatic rings. The number of alkyl halides is 3. The normalized spacial score (nSPS) is 14.0. The first-order valence-electron chi connectivity index (χ1n) is 12.0. The molecule has 0 radical (unpaired) electrons. The molecule has 2 amide bonds. The largest absolute Gasteiger partial charge is 0.573 e. The first kappa shape index (κ1) is 27.8. The summed E-state index contributed by atoms with van der Waals surface area (Å²) in [4.78, 5) is 37.7. The molecule has 2 heterocycles. The van der Waals surface area contributed by atoms with Crippen LogP contribution in [-0.2, 0) is 9.53 Å². The summed E-state index contributed by atoms with van der Waals surface area (Å²) in [6.45, 7) is 1.93. The van der Waals surface area contributed by atoms with Crippen molar-refractivity contribution in [3.05, 3.63) is 60.4 Å². The summed E-state index contributed by atoms with van der Waals surface area (Å²) < 4.78 is 49.3. The average Bonchev–Trinajstić information content (AvgIpc) is 2.90. The zero-order valence-corrected chi connectivity index (χ0v) is 21.3. The highest BCUT2D eigenvalue weighted by Gasteiger charge is 2.35. The molecule has 1 saturated heterocycles. The molecule has 2 N–H and O–H groups in total. The fraction of sp³-hybridized carbons (Fsp3) is 0.308. The number of morpholine rings is 1. The molecule has 206 valence electrons. The Balaban J connectivity index is 1.50. The Labute approximate surface area is 222 Å². The number of hydrogen-bond acceptors (Lipinski definition) is 8. The molecule has 13 heteroatoms. The van der Waals surface area contributed by atoms with Crippen molar-refractivity contribution < 1.29 is 32.2 Å². The van der Waals surface area contributed by atoms with Crippen molar-refractivity contribution in [2.24, 2.45) is 0 Å². The van der Waals surface area contributed by atoms with E-state index in [9.17, 15) is 22.8 Å². The van der Waals surface area contributed by atoms with Gasteiger partial charge in [0, 0.05) is 50.8 Å². The van der Waals surface area contributed by atoms with Crippen LogP contribution in [0.1, 0.15) is 10.4 Å². The minimum atomic E-state index is -5.09. The lowest BCUT2D eigenvalue weighted by Crippen LogP contribution is -2.41. The summed E-state index contributed by atoms with van der Waals surface area (Å²) in [7, 11) is 3.65. The number of amides is 2. The lowest BCUT2D eigenvalue weighted by atomic mass is 10.1. The summed E-state index contributed by atoms with van der Waals surface area (Å²) in [5.74, 6) is -1.63. The van der Waals surface area contributed by atoms with Gasteiger partial charge in [0.15, 0.2) is 5.75 Å². The quantitative estimate of drug-likeness (QED) is 0.443. The molecule has 3 aromatic rings. The van der Waals surface area contributed by atoms with E-state index in [1.165, 1.54) is 18.2 Å². The number of hydrogen-bond donors (Lipinski definition) is 2. The smallest absolute Gasteiger partial charge is 0.403 e. The van der Waals surface area contributed by atoms with Gasteiger partial charge >= 0.3 is 6.36 Å². The molecule has 1 aliphatic heterocycles. The van der Waals surface area contributed by atoms with Crippen LogP contribution >= 0.6 is 0 Å². The monoisotopic (exact) mass is 544 g/mol. The van der Waals surface area contributed by atoms with Crippen LogP contribution in [0.3, 0.4) is 0 Å². The molecule has 0 atom stereocenters. The van der Waals surface area contributed by atoms with E-state index in [1.54, 1.807) is 41.6 Å². The van der Waals surface area contributed by atoms with Crippen LogP contribution in [0.25, 0.3) is 11.1 Å². The van der Waals surface area contributed by atoms with Gasteiger partial charge in [0.1, 0.15) is 0 Å². The number of nitrogens with one attached hydrogen (secondary N) is 2. The summed E-state index contributed by atoms with van der Waals surface area (Å²) in [5, 5.41) is 5.01. The molecule has 10 nitrogen and oxygen atoms in total. The minimum Gasteiger partial charge on any atom is -0.403 e. The number of anilines is 3. The second kappa shape index (κ2) is 12.1. The maximum atomic E-state index is 13.3. The number of ether oxygens (including phenoxy) is 2. The van der Waals surface area contributed by atoms with Crippen LogP contribution in [0, 0.1) is 0 Å². The number of carbonyl (C=O) groups excluding carboxylic acids is 2. The highest BCUT2D eigenvalue weighted by atomic mass is 19.4. The van der Waals surface area contributed by atoms with Crippen LogP contribution in [0.2, 0.25) is 0 Å². The molecular weight excluding hydrogens is 517 g/mol. The fourth-order valence-corrected chi connectivity index (χ4v) is 3.84. The summed E-state index contributed by atoms with van der Waals surface area (Å²) in [6.07, 6.45) is -1.77. The van der Waals surface area contributed by atoms with Crippen molar-refractivity contribution >= 4 is 29.1 Å². The summed E-state index contributed by atoms with van der Waals surface area (Å²) in [6, 6.07) is 10.4. The van der Waals surface area contributed by atoms with Crippen LogP contribution in [0.4, 0.5) is 30.5 Å². The Bertz CT molecular complexity index is 1290. The second-order valence-electron chi connectivity index (χ2n) is 8.86. The van der Waals surface area contributed by atoms with Crippen molar-refractivity contribution in [2.75, 3.05) is 62.5 Å². The lowest BCUT2D eigenvalue weighted by molar-refractivity contribution is -0.274. The summed E-state index contributed by atoms with van der Waals surface area (Å²) in [5.41, 5.74) is 1.21. The predicted molar refractivity (Wildman–Crippen MR) is 139 cm³/mol. The molecule has 0 unspecified atom stereocenters. The predicted octanol–water partition coefficient (Wildman–Crippen LogP) is 3.63. The van der Waals surface area contributed by atoms with Crippen molar-refractivity contribution in [1.82, 2.24) is 14.9 Å². The van der Waals surface area contributed by atoms with E-state index < -0.39 is 29.5 Å². The highest BCUT2D eigenvalue weighted by Crippen LogP contribution is 2.34. The van der Waals surface area contributed by atoms with Crippen molar-refractivity contribution in [3.63, 3.8) is 0 Å². The van der Waals surface area contributed by atoms with Gasteiger partial charge in [-0.1, -0.05) is 18.2 Å². The molecule has 39 heavy (non-hydrogen) atoms. The zero-order valence-electron chi connectivity index (χ0n) is 21.3. The SMILES string of the molecule is CN(C)c1ncc(-c2ccc(NC(=O)c3cccc(NC(=O)CN4CCOCC4)c3OC(F)(F)F)cc2)cn1. The zero-order chi connectivity index (χ0) is 28.0. The van der Waals surface area contributed by atoms with Gasteiger partial charge in [-0.25, -0.2) is 9.97 Å². The van der Waals surface area contributed by atoms with Gasteiger partial charge in [0.05, 0.1) is 31.0 Å². The molecule has 2 aromatic carbocycles. The van der Waals surface area contributed by atoms with Crippen LogP contribution < -0.4 is 20.3 Å². The molecule has 1 fully saturated rings. The Hall–Kier alpha value is -4.23. The van der Waals surface area contributed by atoms with Crippen LogP contribution in [-0.4, -0.2) is 80.0 Å². The van der Waals surface area contributed by atoms with Gasteiger partial charge in [-0.3, -0.25) is 14.5 Å². The van der Waals surface area contributed by atoms with E-state index in [0.29, 0.717) is 37.9 Å². The number of rotatable bonds is 8. The maximum Gasteiger partial charge on any atom is 0.573 e. The maximum absolute atomic E-state index is 13.3. The third-order valence-electron chi connectivity index (χ3n) is 5.74. The van der Waals surface area contributed by atoms with Crippen molar-refractivity contribution in [3.8, 4) is 16.9 Å². The van der Waals surface area contributed by atoms with E-state index in [4.69, 9.17) is 4.74 Å². The Morgan fingerprint density at radius 3 is 2.28 bits per heavy atom. The number of halogens is 3. The van der Waals surface area contributed by atoms with Crippen LogP contribution in [0.15, 0.2) is 54.9 Å². The molecule has 0 saturated carbocycles. The van der Waals surface area contributed by atoms with Gasteiger partial charge in [-0.05, 0) is 29.8 Å². The molecule has 4 rings (SSSR count). The Morgan fingerprint density at radius 1 is 1.00 bits per heavy atom. The molecule has 0 bridgehead atoms. The van der Waals surface area contributed by atoms with Crippen molar-refractivity contribution in [2.45, 2.75) is 6.36 Å². The van der Waals surface area contributed by atoms with Gasteiger partial charge in [-0.15, -0.1) is 13.2 Å². The van der Waals surface area contributed by atoms with E-state index >= 15 is 0 Å². The van der Waals surface area contributed by atoms with Crippen molar-refractivity contribution in [1.29, 1.82) is 0 Å². The first-order valence-corrected chi connectivity index (χ1v) is 12.0. The van der Waals surface area contributed by atoms with E-state index in [0.717, 1.165) is 11.1 Å². The van der Waals surface area contributed by atoms with E-state index in [1.807, 2.05) is 19.0 Å². The summed E-state index contributed by atoms with van der Waals surface area (Å²) >= 11 is 0. The van der Waals surface area contributed by atoms with Crippen LogP contribution in [0.5, 0.6) is 5.75 Å². The van der Waals surface area contributed by atoms with Gasteiger partial charge in [-0.2, -0.15) is 0 Å². The highest BCUT2D eigenvalue weighted by molar-refractivity contribution is 6.08. The molecule has 1 aromatic heterocycles. The molecular formula is C26H27F3N6O4. The minimum absolute atomic E-state index is 0.0412. The van der Waals surface area contributed by atoms with E-state index in [-0.39, 0.29) is 12.2 Å². The molecule has 0 aliphatic carbocycles. The number of para-hydroxylation sites is 1. The number of benzene rings is 2. The van der Waals surface area contributed by atoms with Gasteiger partial charge in [0.25, 0.3) is 5.91 Å². The van der Waals surface area contributed by atoms with Gasteiger partial charge in [0.2, 0.25) is 11.9 Å². The third-order valence-corrected chi connectivity index (χ3v) is 5.74. The second-order valence-corrected chi connectivity index (χ2v) is 8.86. The standard InChI is InChI=1S/C26H27F3N6O4/c1-34(2)25-30-14-18(15-31-25)17-6-8-19(9-7-17)32-24(37)20-4-3-5-21(23(20)39-26(27,28)29)33-22(36)16-35-10-12-38-13-11-35/h3-9,14-15H,10-13,16H2,1-2H3,(H,32,37)(H,33,36). The first-order chi connectivity index (χ1) is 18.6. The molecule has 0 spiro atoms. The van der Waals surface area contributed by atoms with Gasteiger partial charge < -0.3 is 25.0 Å². The number of nitrogens with zero attached hydrogens (tertiary/aromatic N) is 4. The Morgan fingerprint density at radius 2 is 1.67 bits per heavy atom. The lowest BCUT2D eigenvalue weighted by Gasteiger charge is -2.26.